The van der Waals surface area contributed by atoms with Crippen molar-refractivity contribution < 1.29 is 37.6 Å². The first-order valence-electron chi connectivity index (χ1n) is 24.0. The summed E-state index contributed by atoms with van der Waals surface area (Å²) in [6.07, 6.45) is 44.1. The van der Waals surface area contributed by atoms with Crippen LogP contribution in [0, 0.1) is 0 Å². The molecule has 0 amide bonds. The number of rotatable bonds is 45. The first-order chi connectivity index (χ1) is 27.7. The fourth-order valence-corrected chi connectivity index (χ4v) is 7.60. The summed E-state index contributed by atoms with van der Waals surface area (Å²) in [5.41, 5.74) is 0. The van der Waals surface area contributed by atoms with E-state index >= 15 is 0 Å². The van der Waals surface area contributed by atoms with Crippen molar-refractivity contribution in [2.24, 2.45) is 0 Å². The van der Waals surface area contributed by atoms with Crippen LogP contribution in [0.4, 0.5) is 0 Å². The summed E-state index contributed by atoms with van der Waals surface area (Å²) in [5, 5.41) is 0. The number of hydrogen-bond acceptors (Lipinski definition) is 8. The number of ether oxygens (including phenoxy) is 2. The van der Waals surface area contributed by atoms with E-state index in [4.69, 9.17) is 18.5 Å². The molecule has 2 atom stereocenters. The van der Waals surface area contributed by atoms with E-state index < -0.39 is 26.5 Å². The number of nitrogens with zero attached hydrogens (tertiary/aromatic N) is 1. The lowest BCUT2D eigenvalue weighted by atomic mass is 10.0. The van der Waals surface area contributed by atoms with Gasteiger partial charge in [0.05, 0.1) is 13.2 Å². The van der Waals surface area contributed by atoms with Crippen LogP contribution in [0.1, 0.15) is 232 Å². The molecule has 0 saturated carbocycles. The van der Waals surface area contributed by atoms with Gasteiger partial charge in [-0.25, -0.2) is 4.57 Å². The highest BCUT2D eigenvalue weighted by Crippen LogP contribution is 2.43. The molecule has 0 spiro atoms. The van der Waals surface area contributed by atoms with E-state index in [0.717, 1.165) is 51.4 Å². The quantitative estimate of drug-likeness (QED) is 0.0277. The minimum absolute atomic E-state index is 0.00899. The Morgan fingerprint density at radius 1 is 0.526 bits per heavy atom. The van der Waals surface area contributed by atoms with Crippen molar-refractivity contribution in [2.45, 2.75) is 238 Å². The van der Waals surface area contributed by atoms with E-state index in [9.17, 15) is 19.0 Å². The van der Waals surface area contributed by atoms with Crippen molar-refractivity contribution >= 4 is 19.8 Å². The lowest BCUT2D eigenvalue weighted by molar-refractivity contribution is -0.161. The fraction of sp³-hybridized carbons (Fsp3) is 0.915. The number of esters is 2. The Morgan fingerprint density at radius 3 is 1.32 bits per heavy atom. The molecule has 2 unspecified atom stereocenters. The monoisotopic (exact) mass is 830 g/mol. The smallest absolute Gasteiger partial charge is 0.462 e. The third kappa shape index (κ3) is 44.1. The highest BCUT2D eigenvalue weighted by atomic mass is 31.2. The fourth-order valence-electron chi connectivity index (χ4n) is 6.86. The molecule has 1 N–H and O–H groups in total. The van der Waals surface area contributed by atoms with E-state index in [0.29, 0.717) is 19.4 Å². The molecule has 0 aliphatic heterocycles. The molecule has 57 heavy (non-hydrogen) atoms. The van der Waals surface area contributed by atoms with Crippen LogP contribution in [0.3, 0.4) is 0 Å². The summed E-state index contributed by atoms with van der Waals surface area (Å²) < 4.78 is 33.5. The van der Waals surface area contributed by atoms with Gasteiger partial charge in [0.15, 0.2) is 6.10 Å². The molecule has 0 radical (unpaired) electrons. The predicted octanol–water partition coefficient (Wildman–Crippen LogP) is 14.0. The Hall–Kier alpha value is -1.25. The summed E-state index contributed by atoms with van der Waals surface area (Å²) in [6, 6.07) is 0. The van der Waals surface area contributed by atoms with E-state index in [1.54, 1.807) is 0 Å². The van der Waals surface area contributed by atoms with Gasteiger partial charge in [0.2, 0.25) is 0 Å². The van der Waals surface area contributed by atoms with Gasteiger partial charge in [-0.1, -0.05) is 193 Å². The summed E-state index contributed by atoms with van der Waals surface area (Å²) >= 11 is 0. The number of phosphoric acid groups is 1. The number of allylic oxidation sites excluding steroid dienone is 2. The molecular weight excluding hydrogens is 737 g/mol. The van der Waals surface area contributed by atoms with Crippen LogP contribution in [0.5, 0.6) is 0 Å². The molecule has 0 rings (SSSR count). The Morgan fingerprint density at radius 2 is 0.895 bits per heavy atom. The summed E-state index contributed by atoms with van der Waals surface area (Å²) in [7, 11) is -0.706. The van der Waals surface area contributed by atoms with Crippen LogP contribution in [-0.2, 0) is 32.7 Å². The summed E-state index contributed by atoms with van der Waals surface area (Å²) in [6.45, 7) is 4.34. The molecule has 0 aromatic rings. The first kappa shape index (κ1) is 55.8. The number of unbranched alkanes of at least 4 members (excludes halogenated alkanes) is 29. The summed E-state index contributed by atoms with van der Waals surface area (Å²) in [5.74, 6) is -0.800. The molecule has 338 valence electrons. The van der Waals surface area contributed by atoms with Crippen molar-refractivity contribution in [1.29, 1.82) is 0 Å². The van der Waals surface area contributed by atoms with Crippen LogP contribution >= 0.6 is 7.82 Å². The SMILES string of the molecule is CCCCCC/C=C\CCCCCCCC(=O)OC(COC(=O)CCCCCCCCCCCCCCCCCCCCCCC)COP(=O)(O)OCCN(C)C. The van der Waals surface area contributed by atoms with Crippen LogP contribution in [0.2, 0.25) is 0 Å². The van der Waals surface area contributed by atoms with Gasteiger partial charge in [0, 0.05) is 19.4 Å². The number of hydrogen-bond donors (Lipinski definition) is 1. The first-order valence-corrected chi connectivity index (χ1v) is 25.5. The van der Waals surface area contributed by atoms with Gasteiger partial charge < -0.3 is 19.3 Å². The minimum Gasteiger partial charge on any atom is -0.462 e. The van der Waals surface area contributed by atoms with Crippen molar-refractivity contribution in [3.63, 3.8) is 0 Å². The third-order valence-corrected chi connectivity index (χ3v) is 11.6. The Bertz CT molecular complexity index is 962. The standard InChI is InChI=1S/C47H92NO8P/c1-5-7-9-11-13-15-17-19-20-21-22-23-24-25-26-28-29-31-33-35-37-39-46(49)53-43-45(44-55-57(51,52)54-42-41-48(3)4)56-47(50)40-38-36-34-32-30-27-18-16-14-12-10-8-6-2/h16,18,45H,5-15,17,19-44H2,1-4H3,(H,51,52)/b18-16-. The normalized spacial score (nSPS) is 13.4. The predicted molar refractivity (Wildman–Crippen MR) is 239 cm³/mol. The van der Waals surface area contributed by atoms with Crippen molar-refractivity contribution in [2.75, 3.05) is 40.5 Å². The maximum atomic E-state index is 12.6. The number of likely N-dealkylation sites (N-methyl/N-ethyl adjacent to an activating group) is 1. The summed E-state index contributed by atoms with van der Waals surface area (Å²) in [4.78, 5) is 37.1. The second kappa shape index (κ2) is 42.9. The number of carbonyl (C=O) groups is 2. The molecule has 0 fully saturated rings. The minimum atomic E-state index is -4.36. The van der Waals surface area contributed by atoms with Crippen LogP contribution in [0.15, 0.2) is 12.2 Å². The van der Waals surface area contributed by atoms with Gasteiger partial charge in [-0.05, 0) is 52.6 Å². The molecular formula is C47H92NO8P. The third-order valence-electron chi connectivity index (χ3n) is 10.6. The average Bonchev–Trinajstić information content (AvgIpc) is 3.18. The van der Waals surface area contributed by atoms with Gasteiger partial charge in [0.1, 0.15) is 6.61 Å². The number of carbonyl (C=O) groups excluding carboxylic acids is 2. The van der Waals surface area contributed by atoms with E-state index in [2.05, 4.69) is 26.0 Å². The van der Waals surface area contributed by atoms with Crippen molar-refractivity contribution in [1.82, 2.24) is 4.90 Å². The van der Waals surface area contributed by atoms with Gasteiger partial charge >= 0.3 is 19.8 Å². The highest BCUT2D eigenvalue weighted by molar-refractivity contribution is 7.47. The molecule has 0 aliphatic rings. The van der Waals surface area contributed by atoms with Gasteiger partial charge in [-0.2, -0.15) is 0 Å². The van der Waals surface area contributed by atoms with Crippen LogP contribution in [0.25, 0.3) is 0 Å². The van der Waals surface area contributed by atoms with E-state index in [1.165, 1.54) is 148 Å². The zero-order valence-corrected chi connectivity index (χ0v) is 38.7. The van der Waals surface area contributed by atoms with Crippen molar-refractivity contribution in [3.05, 3.63) is 12.2 Å². The van der Waals surface area contributed by atoms with E-state index in [1.807, 2.05) is 19.0 Å². The highest BCUT2D eigenvalue weighted by Gasteiger charge is 2.26. The zero-order chi connectivity index (χ0) is 41.9. The van der Waals surface area contributed by atoms with Gasteiger partial charge in [0.25, 0.3) is 0 Å². The second-order valence-corrected chi connectivity index (χ2v) is 18.1. The molecule has 0 aliphatic carbocycles. The topological polar surface area (TPSA) is 112 Å². The van der Waals surface area contributed by atoms with Crippen molar-refractivity contribution in [3.8, 4) is 0 Å². The average molecular weight is 830 g/mol. The molecule has 0 heterocycles. The molecule has 10 heteroatoms. The molecule has 0 aromatic carbocycles. The molecule has 9 nitrogen and oxygen atoms in total. The Kier molecular flexibility index (Phi) is 41.9. The lowest BCUT2D eigenvalue weighted by Gasteiger charge is -2.20. The zero-order valence-electron chi connectivity index (χ0n) is 37.8. The molecule has 0 bridgehead atoms. The maximum Gasteiger partial charge on any atom is 0.472 e. The van der Waals surface area contributed by atoms with Gasteiger partial charge in [-0.3, -0.25) is 18.6 Å². The number of phosphoric ester groups is 1. The second-order valence-electron chi connectivity index (χ2n) is 16.6. The Balaban J connectivity index is 4.14. The molecule has 0 aromatic heterocycles. The maximum absolute atomic E-state index is 12.6. The van der Waals surface area contributed by atoms with Crippen LogP contribution < -0.4 is 0 Å². The lowest BCUT2D eigenvalue weighted by Crippen LogP contribution is -2.29. The molecule has 0 saturated heterocycles. The van der Waals surface area contributed by atoms with E-state index in [-0.39, 0.29) is 25.6 Å². The Labute approximate surface area is 352 Å². The van der Waals surface area contributed by atoms with Gasteiger partial charge in [-0.15, -0.1) is 0 Å². The largest absolute Gasteiger partial charge is 0.472 e. The van der Waals surface area contributed by atoms with Crippen LogP contribution in [-0.4, -0.2) is 68.3 Å².